The molecule has 2 aromatic rings. The minimum absolute atomic E-state index is 0.0374. The summed E-state index contributed by atoms with van der Waals surface area (Å²) in [6.07, 6.45) is 0.802. The number of aromatic nitrogens is 2. The number of thioether (sulfide) groups is 1. The highest BCUT2D eigenvalue weighted by Gasteiger charge is 2.14. The van der Waals surface area contributed by atoms with Crippen LogP contribution in [0.25, 0.3) is 0 Å². The van der Waals surface area contributed by atoms with Gasteiger partial charge in [-0.3, -0.25) is 4.79 Å². The Morgan fingerprint density at radius 1 is 1.26 bits per heavy atom. The minimum Gasteiger partial charge on any atom is -0.349 e. The molecular formula is C17H20ClN3OS. The fourth-order valence-corrected chi connectivity index (χ4v) is 3.23. The first-order valence-corrected chi connectivity index (χ1v) is 8.84. The number of aryl methyl sites for hydroxylation is 2. The number of halogens is 1. The summed E-state index contributed by atoms with van der Waals surface area (Å²) in [5, 5.41) is 4.34. The molecule has 0 radical (unpaired) electrons. The summed E-state index contributed by atoms with van der Waals surface area (Å²) in [6.45, 7) is 5.88. The largest absolute Gasteiger partial charge is 0.349 e. The van der Waals surface area contributed by atoms with Gasteiger partial charge >= 0.3 is 0 Å². The second-order valence-electron chi connectivity index (χ2n) is 5.31. The second-order valence-corrected chi connectivity index (χ2v) is 6.68. The first-order valence-electron chi connectivity index (χ1n) is 7.48. The third-order valence-electron chi connectivity index (χ3n) is 3.29. The maximum absolute atomic E-state index is 12.2. The van der Waals surface area contributed by atoms with Crippen molar-refractivity contribution < 1.29 is 4.79 Å². The maximum Gasteiger partial charge on any atom is 0.230 e. The van der Waals surface area contributed by atoms with Gasteiger partial charge in [0, 0.05) is 16.4 Å². The monoisotopic (exact) mass is 349 g/mol. The zero-order chi connectivity index (χ0) is 16.8. The molecule has 2 rings (SSSR count). The van der Waals surface area contributed by atoms with Crippen molar-refractivity contribution in [2.24, 2.45) is 0 Å². The Balaban J connectivity index is 1.95. The molecule has 6 heteroatoms. The molecule has 0 aliphatic heterocycles. The number of benzene rings is 1. The molecule has 0 aliphatic carbocycles. The van der Waals surface area contributed by atoms with E-state index in [0.29, 0.717) is 15.9 Å². The van der Waals surface area contributed by atoms with Crippen molar-refractivity contribution in [2.75, 3.05) is 5.75 Å². The van der Waals surface area contributed by atoms with Gasteiger partial charge in [0.25, 0.3) is 0 Å². The molecule has 1 atom stereocenters. The summed E-state index contributed by atoms with van der Waals surface area (Å²) in [6, 6.07) is 9.45. The van der Waals surface area contributed by atoms with Crippen molar-refractivity contribution in [3.63, 3.8) is 0 Å². The maximum atomic E-state index is 12.2. The average Bonchev–Trinajstić information content (AvgIpc) is 2.49. The molecule has 0 bridgehead atoms. The van der Waals surface area contributed by atoms with Gasteiger partial charge in [0.05, 0.1) is 11.8 Å². The van der Waals surface area contributed by atoms with Crippen molar-refractivity contribution >= 4 is 29.3 Å². The van der Waals surface area contributed by atoms with Gasteiger partial charge < -0.3 is 5.32 Å². The second kappa shape index (κ2) is 8.31. The summed E-state index contributed by atoms with van der Waals surface area (Å²) < 4.78 is 0. The van der Waals surface area contributed by atoms with E-state index in [4.69, 9.17) is 11.6 Å². The van der Waals surface area contributed by atoms with Crippen molar-refractivity contribution in [3.05, 3.63) is 52.3 Å². The number of hydrogen-bond donors (Lipinski definition) is 1. The normalized spacial score (nSPS) is 12.0. The average molecular weight is 350 g/mol. The van der Waals surface area contributed by atoms with Crippen molar-refractivity contribution in [2.45, 2.75) is 38.4 Å². The lowest BCUT2D eigenvalue weighted by atomic mass is 10.0. The van der Waals surface area contributed by atoms with E-state index in [-0.39, 0.29) is 11.9 Å². The summed E-state index contributed by atoms with van der Waals surface area (Å²) in [4.78, 5) is 20.9. The Labute approximate surface area is 146 Å². The molecule has 4 nitrogen and oxygen atoms in total. The highest BCUT2D eigenvalue weighted by Crippen LogP contribution is 2.21. The molecule has 0 spiro atoms. The van der Waals surface area contributed by atoms with Gasteiger partial charge in [-0.15, -0.1) is 0 Å². The Morgan fingerprint density at radius 2 is 1.96 bits per heavy atom. The SMILES string of the molecule is CCC(NC(=O)CSc1nc(C)cc(C)n1)c1cccc(Cl)c1. The Kier molecular flexibility index (Phi) is 6.42. The molecule has 0 fully saturated rings. The van der Waals surface area contributed by atoms with E-state index in [9.17, 15) is 4.79 Å². The predicted octanol–water partition coefficient (Wildman–Crippen LogP) is 4.11. The lowest BCUT2D eigenvalue weighted by Gasteiger charge is -2.17. The van der Waals surface area contributed by atoms with Crippen LogP contribution < -0.4 is 5.32 Å². The number of carbonyl (C=O) groups is 1. The molecule has 0 saturated heterocycles. The fraction of sp³-hybridized carbons (Fsp3) is 0.353. The third kappa shape index (κ3) is 5.52. The Morgan fingerprint density at radius 3 is 2.57 bits per heavy atom. The van der Waals surface area contributed by atoms with Gasteiger partial charge in [0.15, 0.2) is 5.16 Å². The van der Waals surface area contributed by atoms with Crippen molar-refractivity contribution in [1.82, 2.24) is 15.3 Å². The Bertz CT molecular complexity index is 673. The van der Waals surface area contributed by atoms with E-state index in [0.717, 1.165) is 23.4 Å². The highest BCUT2D eigenvalue weighted by molar-refractivity contribution is 7.99. The van der Waals surface area contributed by atoms with Crippen LogP contribution in [0.15, 0.2) is 35.5 Å². The number of carbonyl (C=O) groups excluding carboxylic acids is 1. The molecule has 0 aliphatic rings. The third-order valence-corrected chi connectivity index (χ3v) is 4.37. The fourth-order valence-electron chi connectivity index (χ4n) is 2.27. The van der Waals surface area contributed by atoms with Gasteiger partial charge in [0.1, 0.15) is 0 Å². The van der Waals surface area contributed by atoms with Crippen molar-refractivity contribution in [1.29, 1.82) is 0 Å². The number of rotatable bonds is 6. The lowest BCUT2D eigenvalue weighted by molar-refractivity contribution is -0.119. The van der Waals surface area contributed by atoms with E-state index < -0.39 is 0 Å². The van der Waals surface area contributed by atoms with Crippen LogP contribution >= 0.6 is 23.4 Å². The minimum atomic E-state index is -0.0398. The number of hydrogen-bond acceptors (Lipinski definition) is 4. The molecule has 23 heavy (non-hydrogen) atoms. The quantitative estimate of drug-likeness (QED) is 0.630. The molecule has 1 amide bonds. The number of amides is 1. The zero-order valence-electron chi connectivity index (χ0n) is 13.5. The van der Waals surface area contributed by atoms with Crippen LogP contribution in [0, 0.1) is 13.8 Å². The van der Waals surface area contributed by atoms with Crippen LogP contribution in [-0.4, -0.2) is 21.6 Å². The van der Waals surface area contributed by atoms with Crippen LogP contribution in [-0.2, 0) is 4.79 Å². The van der Waals surface area contributed by atoms with Crippen LogP contribution in [0.2, 0.25) is 5.02 Å². The summed E-state index contributed by atoms with van der Waals surface area (Å²) in [5.41, 5.74) is 2.83. The molecule has 0 saturated carbocycles. The molecule has 1 N–H and O–H groups in total. The molecule has 1 aromatic carbocycles. The standard InChI is InChI=1S/C17H20ClN3OS/c1-4-15(13-6-5-7-14(18)9-13)21-16(22)10-23-17-19-11(2)8-12(3)20-17/h5-9,15H,4,10H2,1-3H3,(H,21,22). The first-order chi connectivity index (χ1) is 11.0. The molecule has 1 aromatic heterocycles. The molecule has 122 valence electrons. The van der Waals surface area contributed by atoms with Crippen LogP contribution in [0.3, 0.4) is 0 Å². The molecule has 1 heterocycles. The van der Waals surface area contributed by atoms with Gasteiger partial charge in [0.2, 0.25) is 5.91 Å². The molecule has 1 unspecified atom stereocenters. The van der Waals surface area contributed by atoms with E-state index in [1.54, 1.807) is 0 Å². The van der Waals surface area contributed by atoms with E-state index in [2.05, 4.69) is 15.3 Å². The van der Waals surface area contributed by atoms with E-state index in [1.807, 2.05) is 51.1 Å². The predicted molar refractivity (Wildman–Crippen MR) is 94.9 cm³/mol. The van der Waals surface area contributed by atoms with E-state index >= 15 is 0 Å². The molecular weight excluding hydrogens is 330 g/mol. The van der Waals surface area contributed by atoms with E-state index in [1.165, 1.54) is 11.8 Å². The Hall–Kier alpha value is -1.59. The highest BCUT2D eigenvalue weighted by atomic mass is 35.5. The topological polar surface area (TPSA) is 54.9 Å². The van der Waals surface area contributed by atoms with Crippen LogP contribution in [0.1, 0.15) is 36.3 Å². The van der Waals surface area contributed by atoms with Crippen LogP contribution in [0.4, 0.5) is 0 Å². The lowest BCUT2D eigenvalue weighted by Crippen LogP contribution is -2.29. The summed E-state index contributed by atoms with van der Waals surface area (Å²) in [7, 11) is 0. The summed E-state index contributed by atoms with van der Waals surface area (Å²) in [5.74, 6) is 0.254. The number of nitrogens with one attached hydrogen (secondary N) is 1. The van der Waals surface area contributed by atoms with Crippen molar-refractivity contribution in [3.8, 4) is 0 Å². The first kappa shape index (κ1) is 17.8. The number of nitrogens with zero attached hydrogens (tertiary/aromatic N) is 2. The van der Waals surface area contributed by atoms with Gasteiger partial charge in [-0.25, -0.2) is 9.97 Å². The summed E-state index contributed by atoms with van der Waals surface area (Å²) >= 11 is 7.37. The van der Waals surface area contributed by atoms with Gasteiger partial charge in [-0.1, -0.05) is 42.4 Å². The van der Waals surface area contributed by atoms with Gasteiger partial charge in [-0.2, -0.15) is 0 Å². The van der Waals surface area contributed by atoms with Crippen LogP contribution in [0.5, 0.6) is 0 Å². The smallest absolute Gasteiger partial charge is 0.230 e. The zero-order valence-corrected chi connectivity index (χ0v) is 15.0. The van der Waals surface area contributed by atoms with Gasteiger partial charge in [-0.05, 0) is 44.0 Å².